The maximum Gasteiger partial charge on any atom is 0.419 e. The van der Waals surface area contributed by atoms with Gasteiger partial charge >= 0.3 is 6.18 Å². The van der Waals surface area contributed by atoms with E-state index in [1.54, 1.807) is 6.07 Å². The van der Waals surface area contributed by atoms with E-state index < -0.39 is 17.6 Å². The molecule has 2 saturated heterocycles. The molecule has 3 aliphatic rings. The lowest BCUT2D eigenvalue weighted by Crippen LogP contribution is -2.47. The summed E-state index contributed by atoms with van der Waals surface area (Å²) in [6.07, 6.45) is 4.48. The zero-order valence-electron chi connectivity index (χ0n) is 17.8. The number of hydrogen-bond acceptors (Lipinski definition) is 5. The van der Waals surface area contributed by atoms with Crippen molar-refractivity contribution in [1.82, 2.24) is 19.7 Å². The molecule has 1 saturated carbocycles. The molecule has 1 aliphatic carbocycles. The highest BCUT2D eigenvalue weighted by molar-refractivity contribution is 5.61. The predicted molar refractivity (Wildman–Crippen MR) is 112 cm³/mol. The van der Waals surface area contributed by atoms with Gasteiger partial charge in [-0.25, -0.2) is 4.98 Å². The van der Waals surface area contributed by atoms with Gasteiger partial charge in [0.25, 0.3) is 0 Å². The summed E-state index contributed by atoms with van der Waals surface area (Å²) < 4.78 is 45.5. The fraction of sp³-hybridized carbons (Fsp3) is 0.636. The van der Waals surface area contributed by atoms with Crippen LogP contribution in [0.15, 0.2) is 24.5 Å². The lowest BCUT2D eigenvalue weighted by atomic mass is 10.1. The molecule has 2 N–H and O–H groups in total. The van der Waals surface area contributed by atoms with E-state index in [1.165, 1.54) is 38.5 Å². The first-order valence-corrected chi connectivity index (χ1v) is 11.0. The standard InChI is InChI=1S/C14H15F3N4.C8H15NO/c15-14(16,17)11-7-9(8-19-13(11)18)12-5-6-21(20-12)10-3-1-2-4-10;1-7-2-3-9(4-7)8-5-10-6-8/h5-8,10H,1-4H2,(H2,18,19);7-8H,2-6H2,1H3. The van der Waals surface area contributed by atoms with Crippen LogP contribution in [0.5, 0.6) is 0 Å². The first-order chi connectivity index (χ1) is 14.8. The summed E-state index contributed by atoms with van der Waals surface area (Å²) in [5.41, 5.74) is 5.19. The lowest BCUT2D eigenvalue weighted by Gasteiger charge is -2.34. The molecule has 0 amide bonds. The molecule has 9 heteroatoms. The summed E-state index contributed by atoms with van der Waals surface area (Å²) in [4.78, 5) is 6.20. The van der Waals surface area contributed by atoms with Crippen molar-refractivity contribution in [3.8, 4) is 11.3 Å². The quantitative estimate of drug-likeness (QED) is 0.771. The molecular formula is C22H30F3N5O. The van der Waals surface area contributed by atoms with Crippen LogP contribution >= 0.6 is 0 Å². The molecule has 2 aromatic rings. The second kappa shape index (κ2) is 9.16. The first kappa shape index (κ1) is 22.1. The molecule has 2 aromatic heterocycles. The Hall–Kier alpha value is -2.13. The zero-order valence-corrected chi connectivity index (χ0v) is 17.8. The van der Waals surface area contributed by atoms with Crippen molar-refractivity contribution in [3.05, 3.63) is 30.1 Å². The smallest absolute Gasteiger partial charge is 0.383 e. The van der Waals surface area contributed by atoms with Crippen LogP contribution in [0.4, 0.5) is 19.0 Å². The summed E-state index contributed by atoms with van der Waals surface area (Å²) in [5.74, 6) is 0.405. The van der Waals surface area contributed by atoms with Crippen molar-refractivity contribution in [2.75, 3.05) is 32.0 Å². The van der Waals surface area contributed by atoms with E-state index in [0.29, 0.717) is 17.3 Å². The number of pyridine rings is 1. The third kappa shape index (κ3) is 5.20. The molecule has 0 aromatic carbocycles. The molecule has 1 atom stereocenters. The topological polar surface area (TPSA) is 69.2 Å². The Morgan fingerprint density at radius 3 is 2.45 bits per heavy atom. The van der Waals surface area contributed by atoms with Crippen molar-refractivity contribution in [2.24, 2.45) is 5.92 Å². The van der Waals surface area contributed by atoms with Crippen LogP contribution in [-0.2, 0) is 10.9 Å². The van der Waals surface area contributed by atoms with Gasteiger partial charge in [-0.05, 0) is 43.9 Å². The number of halogens is 3. The Morgan fingerprint density at radius 2 is 1.87 bits per heavy atom. The minimum absolute atomic E-state index is 0.327. The van der Waals surface area contributed by atoms with Crippen molar-refractivity contribution in [2.45, 2.75) is 57.3 Å². The Morgan fingerprint density at radius 1 is 1.13 bits per heavy atom. The fourth-order valence-corrected chi connectivity index (χ4v) is 4.44. The van der Waals surface area contributed by atoms with Crippen LogP contribution in [0.3, 0.4) is 0 Å². The number of likely N-dealkylation sites (tertiary alicyclic amines) is 1. The first-order valence-electron chi connectivity index (χ1n) is 11.0. The van der Waals surface area contributed by atoms with Crippen LogP contribution in [-0.4, -0.2) is 52.0 Å². The van der Waals surface area contributed by atoms with Gasteiger partial charge in [-0.15, -0.1) is 0 Å². The number of hydrogen-bond donors (Lipinski definition) is 1. The molecule has 3 fully saturated rings. The maximum atomic E-state index is 12.8. The van der Waals surface area contributed by atoms with Crippen molar-refractivity contribution in [1.29, 1.82) is 0 Å². The largest absolute Gasteiger partial charge is 0.419 e. The molecule has 4 heterocycles. The third-order valence-corrected chi connectivity index (χ3v) is 6.42. The average molecular weight is 438 g/mol. The molecule has 170 valence electrons. The van der Waals surface area contributed by atoms with E-state index in [2.05, 4.69) is 21.9 Å². The fourth-order valence-electron chi connectivity index (χ4n) is 4.44. The zero-order chi connectivity index (χ0) is 22.0. The average Bonchev–Trinajstić information content (AvgIpc) is 3.41. The number of anilines is 1. The molecule has 0 bridgehead atoms. The van der Waals surface area contributed by atoms with Gasteiger partial charge < -0.3 is 10.5 Å². The maximum absolute atomic E-state index is 12.8. The van der Waals surface area contributed by atoms with Gasteiger partial charge in [0.2, 0.25) is 0 Å². The molecule has 6 nitrogen and oxygen atoms in total. The van der Waals surface area contributed by atoms with Crippen LogP contribution in [0.2, 0.25) is 0 Å². The Kier molecular flexibility index (Phi) is 6.52. The van der Waals surface area contributed by atoms with Crippen molar-refractivity contribution >= 4 is 5.82 Å². The Bertz CT molecular complexity index is 874. The van der Waals surface area contributed by atoms with E-state index >= 15 is 0 Å². The minimum atomic E-state index is -4.51. The van der Waals surface area contributed by atoms with Crippen LogP contribution in [0.1, 0.15) is 50.6 Å². The number of alkyl halides is 3. The van der Waals surface area contributed by atoms with E-state index in [0.717, 1.165) is 44.1 Å². The van der Waals surface area contributed by atoms with Crippen molar-refractivity contribution in [3.63, 3.8) is 0 Å². The molecule has 5 rings (SSSR count). The highest BCUT2D eigenvalue weighted by atomic mass is 19.4. The molecule has 0 radical (unpaired) electrons. The van der Waals surface area contributed by atoms with E-state index in [4.69, 9.17) is 10.5 Å². The Labute approximate surface area is 180 Å². The highest BCUT2D eigenvalue weighted by Crippen LogP contribution is 2.35. The van der Waals surface area contributed by atoms with Gasteiger partial charge in [0.15, 0.2) is 0 Å². The summed E-state index contributed by atoms with van der Waals surface area (Å²) in [6.45, 7) is 6.89. The third-order valence-electron chi connectivity index (χ3n) is 6.42. The summed E-state index contributed by atoms with van der Waals surface area (Å²) in [7, 11) is 0. The summed E-state index contributed by atoms with van der Waals surface area (Å²) in [5, 5.41) is 4.38. The second-order valence-corrected chi connectivity index (χ2v) is 8.85. The molecular weight excluding hydrogens is 407 g/mol. The number of nitrogens with zero attached hydrogens (tertiary/aromatic N) is 4. The predicted octanol–water partition coefficient (Wildman–Crippen LogP) is 4.39. The SMILES string of the molecule is CC1CCN(C2COC2)C1.Nc1ncc(-c2ccn(C3CCCC3)n2)cc1C(F)(F)F. The second-order valence-electron chi connectivity index (χ2n) is 8.85. The van der Waals surface area contributed by atoms with Gasteiger partial charge in [0.05, 0.1) is 36.6 Å². The van der Waals surface area contributed by atoms with E-state index in [9.17, 15) is 13.2 Å². The van der Waals surface area contributed by atoms with Crippen LogP contribution < -0.4 is 5.73 Å². The summed E-state index contributed by atoms with van der Waals surface area (Å²) >= 11 is 0. The number of nitrogen functional groups attached to an aromatic ring is 1. The van der Waals surface area contributed by atoms with Crippen LogP contribution in [0, 0.1) is 5.92 Å². The minimum Gasteiger partial charge on any atom is -0.383 e. The molecule has 31 heavy (non-hydrogen) atoms. The number of nitrogens with two attached hydrogens (primary N) is 1. The summed E-state index contributed by atoms with van der Waals surface area (Å²) in [6, 6.07) is 3.84. The molecule has 1 unspecified atom stereocenters. The van der Waals surface area contributed by atoms with Gasteiger partial charge in [0.1, 0.15) is 5.82 Å². The van der Waals surface area contributed by atoms with E-state index in [1.807, 2.05) is 10.9 Å². The van der Waals surface area contributed by atoms with Gasteiger partial charge in [-0.1, -0.05) is 19.8 Å². The number of rotatable bonds is 3. The Balaban J connectivity index is 0.000000192. The van der Waals surface area contributed by atoms with Crippen LogP contribution in [0.25, 0.3) is 11.3 Å². The monoisotopic (exact) mass is 437 g/mol. The number of aromatic nitrogens is 3. The number of ether oxygens (including phenoxy) is 1. The van der Waals surface area contributed by atoms with Gasteiger partial charge in [-0.2, -0.15) is 18.3 Å². The van der Waals surface area contributed by atoms with E-state index in [-0.39, 0.29) is 0 Å². The molecule has 2 aliphatic heterocycles. The van der Waals surface area contributed by atoms with Crippen molar-refractivity contribution < 1.29 is 17.9 Å². The molecule has 0 spiro atoms. The lowest BCUT2D eigenvalue weighted by molar-refractivity contribution is -0.137. The normalized spacial score (nSPS) is 22.9. The van der Waals surface area contributed by atoms with Gasteiger partial charge in [-0.3, -0.25) is 9.58 Å². The van der Waals surface area contributed by atoms with Gasteiger partial charge in [0, 0.05) is 24.5 Å². The highest BCUT2D eigenvalue weighted by Gasteiger charge is 2.34.